The number of nitrogens with one attached hydrogen (secondary N) is 1. The minimum atomic E-state index is 0.402. The van der Waals surface area contributed by atoms with Gasteiger partial charge in [0.05, 0.1) is 12.4 Å². The second-order valence-electron chi connectivity index (χ2n) is 6.56. The van der Waals surface area contributed by atoms with E-state index in [0.29, 0.717) is 12.1 Å². The Bertz CT molecular complexity index is 651. The summed E-state index contributed by atoms with van der Waals surface area (Å²) in [5.74, 6) is 1.61. The Morgan fingerprint density at radius 3 is 3.00 bits per heavy atom. The van der Waals surface area contributed by atoms with Gasteiger partial charge in [-0.15, -0.1) is 0 Å². The van der Waals surface area contributed by atoms with E-state index in [9.17, 15) is 0 Å². The number of anilines is 1. The van der Waals surface area contributed by atoms with Crippen LogP contribution in [0, 0.1) is 5.92 Å². The SMILES string of the molecule is CC1CC(CCNc2ncnc3c2ncn3C2CC2)CCO1. The Morgan fingerprint density at radius 1 is 1.27 bits per heavy atom. The normalized spacial score (nSPS) is 25.5. The summed E-state index contributed by atoms with van der Waals surface area (Å²) in [4.78, 5) is 13.3. The van der Waals surface area contributed by atoms with Crippen LogP contribution in [0.15, 0.2) is 12.7 Å². The maximum Gasteiger partial charge on any atom is 0.165 e. The van der Waals surface area contributed by atoms with Crippen LogP contribution >= 0.6 is 0 Å². The van der Waals surface area contributed by atoms with E-state index in [4.69, 9.17) is 4.74 Å². The average Bonchev–Trinajstić information content (AvgIpc) is 3.27. The van der Waals surface area contributed by atoms with Gasteiger partial charge in [0.25, 0.3) is 0 Å². The van der Waals surface area contributed by atoms with E-state index in [0.717, 1.165) is 48.9 Å². The third-order valence-electron chi connectivity index (χ3n) is 4.74. The van der Waals surface area contributed by atoms with Crippen molar-refractivity contribution in [1.29, 1.82) is 0 Å². The van der Waals surface area contributed by atoms with Gasteiger partial charge in [-0.3, -0.25) is 0 Å². The highest BCUT2D eigenvalue weighted by Crippen LogP contribution is 2.37. The zero-order valence-electron chi connectivity index (χ0n) is 13.0. The molecule has 1 N–H and O–H groups in total. The predicted molar refractivity (Wildman–Crippen MR) is 84.8 cm³/mol. The fraction of sp³-hybridized carbons (Fsp3) is 0.688. The van der Waals surface area contributed by atoms with Crippen LogP contribution in [0.4, 0.5) is 5.82 Å². The molecule has 2 aliphatic rings. The van der Waals surface area contributed by atoms with Crippen LogP contribution in [-0.4, -0.2) is 38.8 Å². The monoisotopic (exact) mass is 301 g/mol. The van der Waals surface area contributed by atoms with E-state index in [2.05, 4.69) is 31.8 Å². The van der Waals surface area contributed by atoms with Crippen molar-refractivity contribution < 1.29 is 4.74 Å². The summed E-state index contributed by atoms with van der Waals surface area (Å²) in [6, 6.07) is 0.594. The highest BCUT2D eigenvalue weighted by molar-refractivity contribution is 5.82. The number of hydrogen-bond donors (Lipinski definition) is 1. The first-order valence-corrected chi connectivity index (χ1v) is 8.34. The van der Waals surface area contributed by atoms with Crippen molar-refractivity contribution in [2.75, 3.05) is 18.5 Å². The molecule has 6 heteroatoms. The number of nitrogens with zero attached hydrogens (tertiary/aromatic N) is 4. The highest BCUT2D eigenvalue weighted by Gasteiger charge is 2.26. The average molecular weight is 301 g/mol. The van der Waals surface area contributed by atoms with Gasteiger partial charge < -0.3 is 14.6 Å². The Morgan fingerprint density at radius 2 is 2.18 bits per heavy atom. The van der Waals surface area contributed by atoms with Crippen molar-refractivity contribution in [3.63, 3.8) is 0 Å². The fourth-order valence-corrected chi connectivity index (χ4v) is 3.35. The van der Waals surface area contributed by atoms with Gasteiger partial charge in [0, 0.05) is 19.2 Å². The van der Waals surface area contributed by atoms with Crippen molar-refractivity contribution in [1.82, 2.24) is 19.5 Å². The first kappa shape index (κ1) is 13.9. The molecule has 1 aliphatic carbocycles. The largest absolute Gasteiger partial charge is 0.378 e. The van der Waals surface area contributed by atoms with Gasteiger partial charge in [0.1, 0.15) is 11.8 Å². The summed E-state index contributed by atoms with van der Waals surface area (Å²) < 4.78 is 7.79. The molecule has 0 spiro atoms. The summed E-state index contributed by atoms with van der Waals surface area (Å²) in [6.07, 6.45) is 9.91. The lowest BCUT2D eigenvalue weighted by Crippen LogP contribution is -2.24. The molecule has 118 valence electrons. The maximum atomic E-state index is 5.61. The number of imidazole rings is 1. The van der Waals surface area contributed by atoms with Gasteiger partial charge in [-0.25, -0.2) is 15.0 Å². The van der Waals surface area contributed by atoms with Crippen LogP contribution in [0.25, 0.3) is 11.2 Å². The van der Waals surface area contributed by atoms with Crippen molar-refractivity contribution >= 4 is 17.0 Å². The Hall–Kier alpha value is -1.69. The Balaban J connectivity index is 1.41. The van der Waals surface area contributed by atoms with Gasteiger partial charge in [0.15, 0.2) is 11.5 Å². The molecule has 2 aromatic rings. The lowest BCUT2D eigenvalue weighted by atomic mass is 9.93. The number of hydrogen-bond acceptors (Lipinski definition) is 5. The zero-order valence-corrected chi connectivity index (χ0v) is 13.0. The smallest absolute Gasteiger partial charge is 0.165 e. The molecule has 1 aliphatic heterocycles. The van der Waals surface area contributed by atoms with Gasteiger partial charge in [-0.05, 0) is 44.9 Å². The molecule has 3 heterocycles. The third kappa shape index (κ3) is 2.79. The van der Waals surface area contributed by atoms with Crippen LogP contribution in [0.3, 0.4) is 0 Å². The summed E-state index contributed by atoms with van der Waals surface area (Å²) >= 11 is 0. The molecule has 6 nitrogen and oxygen atoms in total. The second-order valence-corrected chi connectivity index (χ2v) is 6.56. The molecule has 2 unspecified atom stereocenters. The Labute approximate surface area is 130 Å². The molecule has 1 saturated carbocycles. The van der Waals surface area contributed by atoms with Crippen molar-refractivity contribution in [2.24, 2.45) is 5.92 Å². The minimum Gasteiger partial charge on any atom is -0.378 e. The number of aromatic nitrogens is 4. The summed E-state index contributed by atoms with van der Waals surface area (Å²) in [7, 11) is 0. The first-order valence-electron chi connectivity index (χ1n) is 8.34. The zero-order chi connectivity index (χ0) is 14.9. The lowest BCUT2D eigenvalue weighted by Gasteiger charge is -2.27. The molecule has 22 heavy (non-hydrogen) atoms. The number of rotatable bonds is 5. The van der Waals surface area contributed by atoms with E-state index in [1.54, 1.807) is 6.33 Å². The van der Waals surface area contributed by atoms with E-state index >= 15 is 0 Å². The van der Waals surface area contributed by atoms with Crippen LogP contribution in [0.5, 0.6) is 0 Å². The summed E-state index contributed by atoms with van der Waals surface area (Å²) in [5, 5.41) is 3.45. The summed E-state index contributed by atoms with van der Waals surface area (Å²) in [5.41, 5.74) is 1.86. The standard InChI is InChI=1S/C16H23N5O/c1-11-8-12(5-7-22-11)4-6-17-15-14-16(19-9-18-15)21(10-20-14)13-2-3-13/h9-13H,2-8H2,1H3,(H,17,18,19). The summed E-state index contributed by atoms with van der Waals surface area (Å²) in [6.45, 7) is 3.99. The molecule has 0 amide bonds. The molecule has 0 bridgehead atoms. The maximum absolute atomic E-state index is 5.61. The molecule has 0 radical (unpaired) electrons. The minimum absolute atomic E-state index is 0.402. The van der Waals surface area contributed by atoms with Crippen LogP contribution in [-0.2, 0) is 4.74 Å². The van der Waals surface area contributed by atoms with Gasteiger partial charge in [0.2, 0.25) is 0 Å². The third-order valence-corrected chi connectivity index (χ3v) is 4.74. The van der Waals surface area contributed by atoms with Crippen LogP contribution < -0.4 is 5.32 Å². The van der Waals surface area contributed by atoms with Crippen LogP contribution in [0.2, 0.25) is 0 Å². The van der Waals surface area contributed by atoms with E-state index in [1.165, 1.54) is 19.3 Å². The molecule has 2 aromatic heterocycles. The molecular weight excluding hydrogens is 278 g/mol. The van der Waals surface area contributed by atoms with E-state index in [-0.39, 0.29) is 0 Å². The van der Waals surface area contributed by atoms with Crippen molar-refractivity contribution in [3.8, 4) is 0 Å². The fourth-order valence-electron chi connectivity index (χ4n) is 3.35. The predicted octanol–water partition coefficient (Wildman–Crippen LogP) is 2.78. The van der Waals surface area contributed by atoms with Gasteiger partial charge in [-0.1, -0.05) is 0 Å². The van der Waals surface area contributed by atoms with E-state index in [1.807, 2.05) is 6.33 Å². The Kier molecular flexibility index (Phi) is 3.70. The number of fused-ring (bicyclic) bond motifs is 1. The van der Waals surface area contributed by atoms with E-state index < -0.39 is 0 Å². The number of ether oxygens (including phenoxy) is 1. The molecule has 2 fully saturated rings. The molecule has 0 aromatic carbocycles. The highest BCUT2D eigenvalue weighted by atomic mass is 16.5. The first-order chi connectivity index (χ1) is 10.8. The van der Waals surface area contributed by atoms with Crippen molar-refractivity contribution in [3.05, 3.63) is 12.7 Å². The molecule has 1 saturated heterocycles. The van der Waals surface area contributed by atoms with Gasteiger partial charge >= 0.3 is 0 Å². The lowest BCUT2D eigenvalue weighted by molar-refractivity contribution is 0.00166. The van der Waals surface area contributed by atoms with Crippen LogP contribution in [0.1, 0.15) is 45.1 Å². The quantitative estimate of drug-likeness (QED) is 0.920. The topological polar surface area (TPSA) is 64.9 Å². The molecule has 2 atom stereocenters. The second kappa shape index (κ2) is 5.83. The van der Waals surface area contributed by atoms with Gasteiger partial charge in [-0.2, -0.15) is 0 Å². The molecular formula is C16H23N5O. The molecule has 4 rings (SSSR count). The van der Waals surface area contributed by atoms with Crippen molar-refractivity contribution in [2.45, 2.75) is 51.2 Å².